The van der Waals surface area contributed by atoms with Gasteiger partial charge in [-0.15, -0.1) is 0 Å². The number of nitrogens with zero attached hydrogens (tertiary/aromatic N) is 1. The fourth-order valence-corrected chi connectivity index (χ4v) is 2.57. The van der Waals surface area contributed by atoms with Crippen LogP contribution in [-0.4, -0.2) is 36.6 Å². The molecule has 1 saturated heterocycles. The molecule has 1 rings (SSSR count). The lowest BCUT2D eigenvalue weighted by atomic mass is 9.96. The largest absolute Gasteiger partial charge is 0.314 e. The van der Waals surface area contributed by atoms with Gasteiger partial charge in [-0.25, -0.2) is 0 Å². The first-order valence-electron chi connectivity index (χ1n) is 6.97. The van der Waals surface area contributed by atoms with Gasteiger partial charge < -0.3 is 10.2 Å². The Hall–Kier alpha value is -0.0800. The van der Waals surface area contributed by atoms with Crippen LogP contribution in [0.15, 0.2) is 0 Å². The molecule has 2 nitrogen and oxygen atoms in total. The van der Waals surface area contributed by atoms with Crippen LogP contribution in [0, 0.1) is 5.92 Å². The minimum atomic E-state index is 0.679. The maximum Gasteiger partial charge on any atom is 0.00897 e. The minimum Gasteiger partial charge on any atom is -0.314 e. The van der Waals surface area contributed by atoms with Crippen molar-refractivity contribution in [1.29, 1.82) is 0 Å². The first-order valence-corrected chi connectivity index (χ1v) is 6.97. The normalized spacial score (nSPS) is 26.1. The third-order valence-electron chi connectivity index (χ3n) is 4.34. The second kappa shape index (κ2) is 6.61. The molecular weight excluding hydrogens is 196 g/mol. The van der Waals surface area contributed by atoms with Gasteiger partial charge in [0.15, 0.2) is 0 Å². The Kier molecular flexibility index (Phi) is 5.77. The molecule has 0 aromatic carbocycles. The van der Waals surface area contributed by atoms with Gasteiger partial charge in [0.05, 0.1) is 0 Å². The molecule has 16 heavy (non-hydrogen) atoms. The van der Waals surface area contributed by atoms with Gasteiger partial charge >= 0.3 is 0 Å². The highest BCUT2D eigenvalue weighted by atomic mass is 15.2. The Morgan fingerprint density at radius 2 is 1.88 bits per heavy atom. The van der Waals surface area contributed by atoms with E-state index in [-0.39, 0.29) is 0 Å². The Morgan fingerprint density at radius 1 is 1.19 bits per heavy atom. The van der Waals surface area contributed by atoms with Crippen molar-refractivity contribution in [3.8, 4) is 0 Å². The summed E-state index contributed by atoms with van der Waals surface area (Å²) in [7, 11) is 2.28. The van der Waals surface area contributed by atoms with Crippen LogP contribution in [0.5, 0.6) is 0 Å². The van der Waals surface area contributed by atoms with E-state index in [4.69, 9.17) is 0 Å². The molecule has 0 spiro atoms. The minimum absolute atomic E-state index is 0.679. The summed E-state index contributed by atoms with van der Waals surface area (Å²) >= 11 is 0. The summed E-state index contributed by atoms with van der Waals surface area (Å²) in [5, 5.41) is 3.65. The van der Waals surface area contributed by atoms with Crippen LogP contribution < -0.4 is 5.32 Å². The van der Waals surface area contributed by atoms with Crippen molar-refractivity contribution in [2.75, 3.05) is 13.6 Å². The lowest BCUT2D eigenvalue weighted by molar-refractivity contribution is 0.138. The lowest BCUT2D eigenvalue weighted by Gasteiger charge is -2.36. The first kappa shape index (κ1) is 14.0. The van der Waals surface area contributed by atoms with E-state index in [2.05, 4.69) is 45.0 Å². The van der Waals surface area contributed by atoms with Gasteiger partial charge in [0.2, 0.25) is 0 Å². The molecule has 96 valence electrons. The fourth-order valence-electron chi connectivity index (χ4n) is 2.57. The highest BCUT2D eigenvalue weighted by Gasteiger charge is 2.22. The van der Waals surface area contributed by atoms with E-state index in [1.165, 1.54) is 32.2 Å². The van der Waals surface area contributed by atoms with Crippen LogP contribution in [0.4, 0.5) is 0 Å². The van der Waals surface area contributed by atoms with Gasteiger partial charge in [0, 0.05) is 18.1 Å². The summed E-state index contributed by atoms with van der Waals surface area (Å²) in [4.78, 5) is 2.54. The quantitative estimate of drug-likeness (QED) is 0.775. The summed E-state index contributed by atoms with van der Waals surface area (Å²) in [6.07, 6.45) is 5.44. The van der Waals surface area contributed by atoms with Crippen molar-refractivity contribution in [2.24, 2.45) is 5.92 Å². The Labute approximate surface area is 102 Å². The van der Waals surface area contributed by atoms with Gasteiger partial charge in [-0.3, -0.25) is 0 Å². The zero-order valence-corrected chi connectivity index (χ0v) is 11.8. The number of nitrogens with one attached hydrogen (secondary N) is 1. The topological polar surface area (TPSA) is 15.3 Å². The van der Waals surface area contributed by atoms with E-state index in [0.717, 1.165) is 12.0 Å². The SMILES string of the molecule is CC(C)C(C)N(C)C(C)CC1CCCCN1. The third-order valence-corrected chi connectivity index (χ3v) is 4.34. The molecule has 1 heterocycles. The molecule has 2 heteroatoms. The molecule has 1 fully saturated rings. The molecule has 0 aliphatic carbocycles. The second-order valence-corrected chi connectivity index (χ2v) is 5.88. The summed E-state index contributed by atoms with van der Waals surface area (Å²) in [6.45, 7) is 10.6. The number of hydrogen-bond donors (Lipinski definition) is 1. The average Bonchev–Trinajstić information content (AvgIpc) is 2.28. The van der Waals surface area contributed by atoms with E-state index in [9.17, 15) is 0 Å². The van der Waals surface area contributed by atoms with Crippen LogP contribution in [0.25, 0.3) is 0 Å². The van der Waals surface area contributed by atoms with Crippen molar-refractivity contribution < 1.29 is 0 Å². The number of rotatable bonds is 5. The maximum atomic E-state index is 3.65. The Balaban J connectivity index is 2.35. The van der Waals surface area contributed by atoms with Crippen molar-refractivity contribution in [2.45, 2.75) is 71.5 Å². The molecule has 1 aliphatic heterocycles. The molecule has 3 unspecified atom stereocenters. The molecule has 0 radical (unpaired) electrons. The predicted octanol–water partition coefficient (Wildman–Crippen LogP) is 2.88. The average molecular weight is 226 g/mol. The Morgan fingerprint density at radius 3 is 2.38 bits per heavy atom. The first-order chi connectivity index (χ1) is 7.52. The zero-order chi connectivity index (χ0) is 12.1. The molecule has 0 bridgehead atoms. The van der Waals surface area contributed by atoms with E-state index < -0.39 is 0 Å². The summed E-state index contributed by atoms with van der Waals surface area (Å²) in [5.41, 5.74) is 0. The maximum absolute atomic E-state index is 3.65. The van der Waals surface area contributed by atoms with Gasteiger partial charge in [-0.1, -0.05) is 20.3 Å². The monoisotopic (exact) mass is 226 g/mol. The fraction of sp³-hybridized carbons (Fsp3) is 1.00. The van der Waals surface area contributed by atoms with E-state index in [1.807, 2.05) is 0 Å². The van der Waals surface area contributed by atoms with Crippen molar-refractivity contribution in [3.05, 3.63) is 0 Å². The molecular formula is C14H30N2. The molecule has 0 amide bonds. The highest BCUT2D eigenvalue weighted by Crippen LogP contribution is 2.18. The van der Waals surface area contributed by atoms with Crippen LogP contribution in [-0.2, 0) is 0 Å². The molecule has 0 saturated carbocycles. The second-order valence-electron chi connectivity index (χ2n) is 5.88. The summed E-state index contributed by atoms with van der Waals surface area (Å²) < 4.78 is 0. The molecule has 0 aromatic rings. The zero-order valence-electron chi connectivity index (χ0n) is 11.8. The number of piperidine rings is 1. The van der Waals surface area contributed by atoms with E-state index >= 15 is 0 Å². The van der Waals surface area contributed by atoms with Gasteiger partial charge in [0.1, 0.15) is 0 Å². The van der Waals surface area contributed by atoms with Crippen molar-refractivity contribution in [3.63, 3.8) is 0 Å². The molecule has 1 aliphatic rings. The van der Waals surface area contributed by atoms with Gasteiger partial charge in [-0.2, -0.15) is 0 Å². The molecule has 3 atom stereocenters. The van der Waals surface area contributed by atoms with Crippen LogP contribution >= 0.6 is 0 Å². The highest BCUT2D eigenvalue weighted by molar-refractivity contribution is 4.80. The smallest absolute Gasteiger partial charge is 0.00897 e. The number of hydrogen-bond acceptors (Lipinski definition) is 2. The summed E-state index contributed by atoms with van der Waals surface area (Å²) in [6, 6.07) is 2.12. The van der Waals surface area contributed by atoms with Crippen LogP contribution in [0.3, 0.4) is 0 Å². The molecule has 1 N–H and O–H groups in total. The van der Waals surface area contributed by atoms with Crippen LogP contribution in [0.1, 0.15) is 53.4 Å². The van der Waals surface area contributed by atoms with E-state index in [0.29, 0.717) is 12.1 Å². The standard InChI is InChI=1S/C14H30N2/c1-11(2)13(4)16(5)12(3)10-14-8-6-7-9-15-14/h11-15H,6-10H2,1-5H3. The lowest BCUT2D eigenvalue weighted by Crippen LogP contribution is -2.44. The van der Waals surface area contributed by atoms with Crippen LogP contribution in [0.2, 0.25) is 0 Å². The summed E-state index contributed by atoms with van der Waals surface area (Å²) in [5.74, 6) is 0.742. The predicted molar refractivity (Wildman–Crippen MR) is 71.8 cm³/mol. The third kappa shape index (κ3) is 4.06. The Bertz CT molecular complexity index is 185. The van der Waals surface area contributed by atoms with Gasteiger partial charge in [0.25, 0.3) is 0 Å². The van der Waals surface area contributed by atoms with Gasteiger partial charge in [-0.05, 0) is 52.6 Å². The molecule has 0 aromatic heterocycles. The van der Waals surface area contributed by atoms with E-state index in [1.54, 1.807) is 0 Å². The van der Waals surface area contributed by atoms with Crippen molar-refractivity contribution in [1.82, 2.24) is 10.2 Å². The van der Waals surface area contributed by atoms with Crippen molar-refractivity contribution >= 4 is 0 Å².